The molecule has 2 N–H and O–H groups in total. The zero-order chi connectivity index (χ0) is 20.3. The lowest BCUT2D eigenvalue weighted by Crippen LogP contribution is -2.25. The first-order valence-corrected chi connectivity index (χ1v) is 11.1. The summed E-state index contributed by atoms with van der Waals surface area (Å²) < 4.78 is 13.0. The third-order valence-corrected chi connectivity index (χ3v) is 5.83. The van der Waals surface area contributed by atoms with Crippen LogP contribution in [-0.4, -0.2) is 23.4 Å². The zero-order valence-corrected chi connectivity index (χ0v) is 17.2. The van der Waals surface area contributed by atoms with Crippen LogP contribution in [0.25, 0.3) is 0 Å². The predicted molar refractivity (Wildman–Crippen MR) is 122 cm³/mol. The molecule has 0 spiro atoms. The summed E-state index contributed by atoms with van der Waals surface area (Å²) in [5.74, 6) is 1.82. The van der Waals surface area contributed by atoms with E-state index in [0.29, 0.717) is 6.54 Å². The van der Waals surface area contributed by atoms with Crippen molar-refractivity contribution in [3.63, 3.8) is 0 Å². The standard InChI is InChI=1S/C25H26FNOS/c26-24-11-9-21(10-12-24)13-15-27-25(18-28)23-8-4-7-22(17-23)19-29-16-14-20-5-2-1-3-6-20/h1-12,17-18,25,27H,13-16,19H2/p+1. The summed E-state index contributed by atoms with van der Waals surface area (Å²) in [6.07, 6.45) is 3.05. The van der Waals surface area contributed by atoms with Gasteiger partial charge >= 0.3 is 6.29 Å². The third kappa shape index (κ3) is 7.15. The van der Waals surface area contributed by atoms with Crippen molar-refractivity contribution in [2.24, 2.45) is 0 Å². The summed E-state index contributed by atoms with van der Waals surface area (Å²) >= 11 is 1.92. The second kappa shape index (κ2) is 11.5. The molecule has 0 saturated heterocycles. The van der Waals surface area contributed by atoms with Gasteiger partial charge in [-0.05, 0) is 53.0 Å². The molecule has 3 aromatic rings. The number of carbonyl (C=O) groups excluding carboxylic acids is 1. The van der Waals surface area contributed by atoms with Gasteiger partial charge in [0.2, 0.25) is 0 Å². The molecule has 29 heavy (non-hydrogen) atoms. The molecule has 0 amide bonds. The highest BCUT2D eigenvalue weighted by Gasteiger charge is 2.13. The number of hydrogen-bond acceptors (Lipinski definition) is 2. The Morgan fingerprint density at radius 3 is 2.34 bits per heavy atom. The van der Waals surface area contributed by atoms with Gasteiger partial charge in [0.15, 0.2) is 0 Å². The van der Waals surface area contributed by atoms with Crippen LogP contribution in [0.3, 0.4) is 0 Å². The molecule has 0 fully saturated rings. The minimum absolute atomic E-state index is 0.218. The van der Waals surface area contributed by atoms with E-state index in [1.54, 1.807) is 12.1 Å². The molecule has 1 unspecified atom stereocenters. The lowest BCUT2D eigenvalue weighted by molar-refractivity contribution is 0.596. The van der Waals surface area contributed by atoms with Gasteiger partial charge in [-0.25, -0.2) is 4.39 Å². The molecule has 0 aromatic heterocycles. The Morgan fingerprint density at radius 1 is 0.862 bits per heavy atom. The minimum Gasteiger partial charge on any atom is -0.299 e. The molecule has 0 aliphatic rings. The molecule has 3 aromatic carbocycles. The number of hydrogen-bond donors (Lipinski definition) is 1. The molecular weight excluding hydrogens is 381 g/mol. The number of rotatable bonds is 11. The van der Waals surface area contributed by atoms with Gasteiger partial charge in [-0.1, -0.05) is 66.7 Å². The van der Waals surface area contributed by atoms with Gasteiger partial charge in [0.25, 0.3) is 0 Å². The molecular formula is C25H27FNOS+. The van der Waals surface area contributed by atoms with Crippen LogP contribution < -0.4 is 5.32 Å². The molecule has 0 aliphatic carbocycles. The molecule has 0 bridgehead atoms. The maximum absolute atomic E-state index is 13.0. The van der Waals surface area contributed by atoms with Crippen molar-refractivity contribution in [2.75, 3.05) is 12.3 Å². The number of aryl methyl sites for hydroxylation is 1. The van der Waals surface area contributed by atoms with Crippen molar-refractivity contribution in [3.05, 3.63) is 107 Å². The number of aldehydes is 1. The Hall–Kier alpha value is -2.43. The van der Waals surface area contributed by atoms with Gasteiger partial charge in [0.05, 0.1) is 0 Å². The molecule has 2 nitrogen and oxygen atoms in total. The molecule has 1 atom stereocenters. The fourth-order valence-corrected chi connectivity index (χ4v) is 4.12. The van der Waals surface area contributed by atoms with Gasteiger partial charge in [0.1, 0.15) is 11.9 Å². The van der Waals surface area contributed by atoms with Gasteiger partial charge in [-0.2, -0.15) is 11.8 Å². The van der Waals surface area contributed by atoms with Crippen molar-refractivity contribution >= 4 is 18.0 Å². The van der Waals surface area contributed by atoms with E-state index >= 15 is 0 Å². The minimum atomic E-state index is -0.221. The second-order valence-electron chi connectivity index (χ2n) is 6.99. The molecule has 0 radical (unpaired) electrons. The normalized spacial score (nSPS) is 11.9. The van der Waals surface area contributed by atoms with Gasteiger partial charge in [0, 0.05) is 12.3 Å². The summed E-state index contributed by atoms with van der Waals surface area (Å²) in [4.78, 5) is 9.70. The first kappa shape index (κ1) is 21.3. The fraction of sp³-hybridized carbons (Fsp3) is 0.240. The highest BCUT2D eigenvalue weighted by Crippen LogP contribution is 2.18. The fourth-order valence-electron chi connectivity index (χ4n) is 3.18. The largest absolute Gasteiger partial charge is 0.303 e. The van der Waals surface area contributed by atoms with Crippen LogP contribution in [0.15, 0.2) is 78.9 Å². The maximum atomic E-state index is 13.0. The number of benzene rings is 3. The van der Waals surface area contributed by atoms with Gasteiger partial charge in [-0.3, -0.25) is 10.1 Å². The van der Waals surface area contributed by atoms with Crippen molar-refractivity contribution in [2.45, 2.75) is 24.6 Å². The summed E-state index contributed by atoms with van der Waals surface area (Å²) in [5.41, 5.74) is 4.74. The van der Waals surface area contributed by atoms with E-state index in [-0.39, 0.29) is 11.9 Å². The first-order valence-electron chi connectivity index (χ1n) is 9.90. The van der Waals surface area contributed by atoms with Crippen molar-refractivity contribution in [3.8, 4) is 0 Å². The van der Waals surface area contributed by atoms with Crippen LogP contribution in [-0.2, 0) is 18.6 Å². The second-order valence-corrected chi connectivity index (χ2v) is 8.10. The Labute approximate surface area is 176 Å². The van der Waals surface area contributed by atoms with Crippen molar-refractivity contribution in [1.82, 2.24) is 5.32 Å². The van der Waals surface area contributed by atoms with Crippen LogP contribution in [0.1, 0.15) is 28.3 Å². The van der Waals surface area contributed by atoms with Gasteiger partial charge in [-0.15, -0.1) is 0 Å². The summed E-state index contributed by atoms with van der Waals surface area (Å²) in [6, 6.07) is 25.2. The summed E-state index contributed by atoms with van der Waals surface area (Å²) in [6.45, 7) is 0.698. The first-order chi connectivity index (χ1) is 14.2. The monoisotopic (exact) mass is 408 g/mol. The van der Waals surface area contributed by atoms with E-state index < -0.39 is 0 Å². The van der Waals surface area contributed by atoms with E-state index in [0.717, 1.165) is 35.5 Å². The van der Waals surface area contributed by atoms with Crippen LogP contribution in [0.5, 0.6) is 0 Å². The average molecular weight is 409 g/mol. The quantitative estimate of drug-likeness (QED) is 0.264. The zero-order valence-electron chi connectivity index (χ0n) is 16.4. The van der Waals surface area contributed by atoms with Crippen LogP contribution in [0.4, 0.5) is 4.39 Å². The van der Waals surface area contributed by atoms with Crippen molar-refractivity contribution < 1.29 is 9.18 Å². The highest BCUT2D eigenvalue weighted by molar-refractivity contribution is 7.98. The lowest BCUT2D eigenvalue weighted by Gasteiger charge is -2.12. The number of halogens is 1. The number of thioether (sulfide) groups is 1. The Bertz CT molecular complexity index is 883. The lowest BCUT2D eigenvalue weighted by atomic mass is 10.0. The van der Waals surface area contributed by atoms with E-state index in [1.165, 1.54) is 29.5 Å². The number of nitrogens with one attached hydrogen (secondary N) is 1. The highest BCUT2D eigenvalue weighted by atomic mass is 32.2. The summed E-state index contributed by atoms with van der Waals surface area (Å²) in [7, 11) is 0. The van der Waals surface area contributed by atoms with Crippen molar-refractivity contribution in [1.29, 1.82) is 0 Å². The van der Waals surface area contributed by atoms with Crippen LogP contribution in [0, 0.1) is 5.82 Å². The van der Waals surface area contributed by atoms with E-state index in [9.17, 15) is 9.18 Å². The predicted octanol–water partition coefficient (Wildman–Crippen LogP) is 5.35. The topological polar surface area (TPSA) is 33.4 Å². The SMILES string of the molecule is [OH+]=CC(NCCc1ccc(F)cc1)c1cccc(CSCCc2ccccc2)c1. The summed E-state index contributed by atoms with van der Waals surface area (Å²) in [5, 5.41) is 3.36. The van der Waals surface area contributed by atoms with E-state index in [4.69, 9.17) is 0 Å². The Kier molecular flexibility index (Phi) is 8.47. The molecule has 150 valence electrons. The Balaban J connectivity index is 1.47. The van der Waals surface area contributed by atoms with Gasteiger partial charge < -0.3 is 0 Å². The van der Waals surface area contributed by atoms with E-state index in [2.05, 4.69) is 41.7 Å². The molecule has 0 saturated carbocycles. The molecule has 0 aliphatic heterocycles. The Morgan fingerprint density at radius 2 is 1.59 bits per heavy atom. The molecule has 4 heteroatoms. The third-order valence-electron chi connectivity index (χ3n) is 4.80. The van der Waals surface area contributed by atoms with E-state index in [1.807, 2.05) is 30.0 Å². The van der Waals surface area contributed by atoms with Crippen LogP contribution >= 0.6 is 11.8 Å². The smallest absolute Gasteiger partial charge is 0.299 e. The maximum Gasteiger partial charge on any atom is 0.303 e. The average Bonchev–Trinajstić information content (AvgIpc) is 2.76. The molecule has 3 rings (SSSR count). The van der Waals surface area contributed by atoms with Crippen LogP contribution in [0.2, 0.25) is 0 Å². The molecule has 0 heterocycles.